The molecule has 1 atom stereocenters. The number of hydrogen-bond acceptors (Lipinski definition) is 6. The lowest BCUT2D eigenvalue weighted by molar-refractivity contribution is 0.505. The maximum absolute atomic E-state index is 4.82. The number of hydrogen-bond donors (Lipinski definition) is 0. The van der Waals surface area contributed by atoms with Gasteiger partial charge in [0.05, 0.1) is 5.01 Å². The zero-order valence-corrected chi connectivity index (χ0v) is 15.3. The van der Waals surface area contributed by atoms with Crippen molar-refractivity contribution in [3.05, 3.63) is 52.4 Å². The highest BCUT2D eigenvalue weighted by atomic mass is 32.1. The number of aryl methyl sites for hydroxylation is 2. The number of thiazole rings is 1. The molecule has 0 radical (unpaired) electrons. The second-order valence-corrected chi connectivity index (χ2v) is 7.43. The highest BCUT2D eigenvalue weighted by molar-refractivity contribution is 7.09. The van der Waals surface area contributed by atoms with Crippen molar-refractivity contribution < 1.29 is 0 Å². The number of anilines is 1. The van der Waals surface area contributed by atoms with Gasteiger partial charge in [-0.05, 0) is 38.8 Å². The number of aromatic nitrogens is 4. The molecule has 0 N–H and O–H groups in total. The van der Waals surface area contributed by atoms with Crippen molar-refractivity contribution in [2.45, 2.75) is 32.6 Å². The Morgan fingerprint density at radius 3 is 2.84 bits per heavy atom. The van der Waals surface area contributed by atoms with E-state index in [1.807, 2.05) is 25.3 Å². The fraction of sp³-hybridized carbons (Fsp3) is 0.368. The maximum atomic E-state index is 4.82. The van der Waals surface area contributed by atoms with Crippen molar-refractivity contribution in [2.24, 2.45) is 0 Å². The molecule has 25 heavy (non-hydrogen) atoms. The monoisotopic (exact) mass is 351 g/mol. The summed E-state index contributed by atoms with van der Waals surface area (Å²) in [6, 6.07) is 6.00. The van der Waals surface area contributed by atoms with Gasteiger partial charge in [-0.15, -0.1) is 11.3 Å². The summed E-state index contributed by atoms with van der Waals surface area (Å²) in [5.74, 6) is 2.24. The molecule has 3 aromatic rings. The van der Waals surface area contributed by atoms with Crippen LogP contribution in [0.25, 0.3) is 11.4 Å². The molecule has 1 aliphatic heterocycles. The molecule has 5 nitrogen and oxygen atoms in total. The smallest absolute Gasteiger partial charge is 0.163 e. The summed E-state index contributed by atoms with van der Waals surface area (Å²) in [4.78, 5) is 20.7. The Bertz CT molecular complexity index is 861. The van der Waals surface area contributed by atoms with Crippen LogP contribution in [0.1, 0.15) is 35.2 Å². The zero-order valence-electron chi connectivity index (χ0n) is 14.5. The molecular weight excluding hydrogens is 330 g/mol. The van der Waals surface area contributed by atoms with Crippen molar-refractivity contribution >= 4 is 17.2 Å². The Morgan fingerprint density at radius 1 is 1.16 bits per heavy atom. The van der Waals surface area contributed by atoms with Crippen LogP contribution in [0.4, 0.5) is 5.82 Å². The summed E-state index contributed by atoms with van der Waals surface area (Å²) in [6.45, 7) is 6.09. The predicted octanol–water partition coefficient (Wildman–Crippen LogP) is 4.00. The minimum absolute atomic E-state index is 0.490. The minimum atomic E-state index is 0.490. The van der Waals surface area contributed by atoms with E-state index in [4.69, 9.17) is 9.97 Å². The molecule has 4 rings (SSSR count). The molecule has 0 amide bonds. The van der Waals surface area contributed by atoms with Gasteiger partial charge >= 0.3 is 0 Å². The van der Waals surface area contributed by atoms with Crippen LogP contribution in [-0.2, 0) is 0 Å². The Hall–Kier alpha value is -2.34. The van der Waals surface area contributed by atoms with Gasteiger partial charge in [0.25, 0.3) is 0 Å². The molecule has 4 heterocycles. The van der Waals surface area contributed by atoms with E-state index in [0.717, 1.165) is 48.1 Å². The lowest BCUT2D eigenvalue weighted by Crippen LogP contribution is -2.35. The summed E-state index contributed by atoms with van der Waals surface area (Å²) in [7, 11) is 0. The molecule has 0 aromatic carbocycles. The SMILES string of the molecule is Cc1cc(N2CCCC(c3nc(C)cs3)C2)nc(-c2cccnc2)n1. The molecule has 128 valence electrons. The number of piperidine rings is 1. The van der Waals surface area contributed by atoms with Gasteiger partial charge in [0.2, 0.25) is 0 Å². The van der Waals surface area contributed by atoms with E-state index in [0.29, 0.717) is 5.92 Å². The molecule has 0 aliphatic carbocycles. The number of pyridine rings is 1. The van der Waals surface area contributed by atoms with Crippen molar-refractivity contribution in [3.8, 4) is 11.4 Å². The lowest BCUT2D eigenvalue weighted by Gasteiger charge is -2.33. The Morgan fingerprint density at radius 2 is 2.08 bits per heavy atom. The van der Waals surface area contributed by atoms with E-state index < -0.39 is 0 Å². The van der Waals surface area contributed by atoms with Crippen molar-refractivity contribution in [3.63, 3.8) is 0 Å². The van der Waals surface area contributed by atoms with Crippen LogP contribution in [0.2, 0.25) is 0 Å². The van der Waals surface area contributed by atoms with Gasteiger partial charge in [-0.25, -0.2) is 15.0 Å². The van der Waals surface area contributed by atoms with Crippen LogP contribution in [0, 0.1) is 13.8 Å². The lowest BCUT2D eigenvalue weighted by atomic mass is 9.98. The van der Waals surface area contributed by atoms with Crippen LogP contribution in [0.15, 0.2) is 36.0 Å². The number of nitrogens with zero attached hydrogens (tertiary/aromatic N) is 5. The third-order valence-corrected chi connectivity index (χ3v) is 5.62. The third-order valence-electron chi connectivity index (χ3n) is 4.49. The second kappa shape index (κ2) is 6.88. The normalized spacial score (nSPS) is 17.7. The summed E-state index contributed by atoms with van der Waals surface area (Å²) in [5.41, 5.74) is 3.06. The summed E-state index contributed by atoms with van der Waals surface area (Å²) < 4.78 is 0. The maximum Gasteiger partial charge on any atom is 0.163 e. The van der Waals surface area contributed by atoms with Gasteiger partial charge in [0, 0.05) is 59.8 Å². The molecule has 0 bridgehead atoms. The van der Waals surface area contributed by atoms with Gasteiger partial charge in [-0.3, -0.25) is 4.98 Å². The molecule has 0 saturated carbocycles. The van der Waals surface area contributed by atoms with E-state index in [9.17, 15) is 0 Å². The van der Waals surface area contributed by atoms with Gasteiger partial charge in [-0.2, -0.15) is 0 Å². The molecule has 6 heteroatoms. The highest BCUT2D eigenvalue weighted by Gasteiger charge is 2.25. The van der Waals surface area contributed by atoms with E-state index in [1.165, 1.54) is 11.4 Å². The fourth-order valence-electron chi connectivity index (χ4n) is 3.28. The Kier molecular flexibility index (Phi) is 4.44. The summed E-state index contributed by atoms with van der Waals surface area (Å²) in [5, 5.41) is 3.39. The van der Waals surface area contributed by atoms with Crippen LogP contribution < -0.4 is 4.90 Å². The summed E-state index contributed by atoms with van der Waals surface area (Å²) >= 11 is 1.78. The van der Waals surface area contributed by atoms with Crippen LogP contribution in [0.5, 0.6) is 0 Å². The molecule has 1 saturated heterocycles. The van der Waals surface area contributed by atoms with Gasteiger partial charge in [-0.1, -0.05) is 0 Å². The van der Waals surface area contributed by atoms with Crippen LogP contribution in [-0.4, -0.2) is 33.0 Å². The second-order valence-electron chi connectivity index (χ2n) is 6.55. The van der Waals surface area contributed by atoms with Gasteiger partial charge in [0.15, 0.2) is 5.82 Å². The van der Waals surface area contributed by atoms with E-state index >= 15 is 0 Å². The Balaban J connectivity index is 1.61. The summed E-state index contributed by atoms with van der Waals surface area (Å²) in [6.07, 6.45) is 5.94. The van der Waals surface area contributed by atoms with Crippen molar-refractivity contribution in [1.82, 2.24) is 19.9 Å². The molecule has 3 aromatic heterocycles. The predicted molar refractivity (Wildman–Crippen MR) is 101 cm³/mol. The van der Waals surface area contributed by atoms with Gasteiger partial charge < -0.3 is 4.90 Å². The zero-order chi connectivity index (χ0) is 17.2. The Labute approximate surface area is 151 Å². The first-order chi connectivity index (χ1) is 12.2. The molecular formula is C19H21N5S. The van der Waals surface area contributed by atoms with Crippen LogP contribution >= 0.6 is 11.3 Å². The third kappa shape index (κ3) is 3.54. The number of rotatable bonds is 3. The average molecular weight is 351 g/mol. The topological polar surface area (TPSA) is 54.8 Å². The first-order valence-electron chi connectivity index (χ1n) is 8.62. The standard InChI is InChI=1S/C19H21N5S/c1-13-9-17(23-18(21-13)15-5-3-7-20-10-15)24-8-4-6-16(11-24)19-22-14(2)12-25-19/h3,5,7,9-10,12,16H,4,6,8,11H2,1-2H3. The molecule has 1 aliphatic rings. The van der Waals surface area contributed by atoms with E-state index in [2.05, 4.69) is 33.2 Å². The fourth-order valence-corrected chi connectivity index (χ4v) is 4.21. The quantitative estimate of drug-likeness (QED) is 0.714. The minimum Gasteiger partial charge on any atom is -0.356 e. The molecule has 1 fully saturated rings. The highest BCUT2D eigenvalue weighted by Crippen LogP contribution is 2.31. The average Bonchev–Trinajstić information content (AvgIpc) is 3.08. The van der Waals surface area contributed by atoms with E-state index in [-0.39, 0.29) is 0 Å². The van der Waals surface area contributed by atoms with Crippen molar-refractivity contribution in [2.75, 3.05) is 18.0 Å². The molecule has 0 spiro atoms. The largest absolute Gasteiger partial charge is 0.356 e. The molecule has 1 unspecified atom stereocenters. The van der Waals surface area contributed by atoms with Crippen LogP contribution in [0.3, 0.4) is 0 Å². The first kappa shape index (κ1) is 16.1. The van der Waals surface area contributed by atoms with Crippen molar-refractivity contribution in [1.29, 1.82) is 0 Å². The first-order valence-corrected chi connectivity index (χ1v) is 9.50. The van der Waals surface area contributed by atoms with E-state index in [1.54, 1.807) is 17.5 Å². The van der Waals surface area contributed by atoms with Gasteiger partial charge in [0.1, 0.15) is 5.82 Å².